The average Bonchev–Trinajstić information content (AvgIpc) is 2.69. The topological polar surface area (TPSA) is 94.5 Å². The highest BCUT2D eigenvalue weighted by Crippen LogP contribution is 2.38. The Hall–Kier alpha value is -2.83. The number of anilines is 3. The van der Waals surface area contributed by atoms with Gasteiger partial charge in [-0.3, -0.25) is 10.1 Å². The zero-order valence-corrected chi connectivity index (χ0v) is 11.2. The first-order valence-electron chi connectivity index (χ1n) is 6.57. The van der Waals surface area contributed by atoms with Crippen molar-refractivity contribution in [2.45, 2.75) is 6.42 Å². The van der Waals surface area contributed by atoms with Crippen LogP contribution >= 0.6 is 0 Å². The highest BCUT2D eigenvalue weighted by atomic mass is 16.6. The van der Waals surface area contributed by atoms with Crippen molar-refractivity contribution in [3.8, 4) is 5.75 Å². The molecule has 0 saturated heterocycles. The smallest absolute Gasteiger partial charge is 0.312 e. The maximum atomic E-state index is 11.2. The van der Waals surface area contributed by atoms with Crippen LogP contribution in [0.25, 0.3) is 0 Å². The number of hydrogen-bond donors (Lipinski definition) is 1. The Morgan fingerprint density at radius 1 is 1.29 bits per heavy atom. The lowest BCUT2D eigenvalue weighted by Gasteiger charge is -2.22. The molecule has 0 unspecified atom stereocenters. The van der Waals surface area contributed by atoms with Gasteiger partial charge in [-0.05, 0) is 24.6 Å². The number of benzene rings is 1. The minimum atomic E-state index is -0.448. The van der Waals surface area contributed by atoms with Crippen LogP contribution in [0, 0.1) is 10.1 Å². The largest absolute Gasteiger partial charge is 0.491 e. The van der Waals surface area contributed by atoms with Crippen molar-refractivity contribution in [2.24, 2.45) is 0 Å². The molecule has 0 spiro atoms. The lowest BCUT2D eigenvalue weighted by Crippen LogP contribution is -2.20. The lowest BCUT2D eigenvalue weighted by atomic mass is 10.2. The second-order valence-corrected chi connectivity index (χ2v) is 4.66. The Morgan fingerprint density at radius 2 is 2.10 bits per heavy atom. The molecule has 0 aliphatic carbocycles. The van der Waals surface area contributed by atoms with Gasteiger partial charge < -0.3 is 15.4 Å². The minimum Gasteiger partial charge on any atom is -0.491 e. The molecule has 7 heteroatoms. The molecule has 0 saturated carbocycles. The van der Waals surface area contributed by atoms with Crippen molar-refractivity contribution in [2.75, 3.05) is 23.8 Å². The molecule has 0 bridgehead atoms. The zero-order chi connectivity index (χ0) is 14.8. The fourth-order valence-electron chi connectivity index (χ4n) is 2.34. The number of nitro groups is 1. The summed E-state index contributed by atoms with van der Waals surface area (Å²) in [5, 5.41) is 11.2. The lowest BCUT2D eigenvalue weighted by molar-refractivity contribution is -0.384. The third-order valence-electron chi connectivity index (χ3n) is 3.27. The molecule has 3 rings (SSSR count). The summed E-state index contributed by atoms with van der Waals surface area (Å²) in [6.07, 6.45) is 0.738. The quantitative estimate of drug-likeness (QED) is 0.673. The Bertz CT molecular complexity index is 690. The van der Waals surface area contributed by atoms with Crippen molar-refractivity contribution in [1.82, 2.24) is 4.98 Å². The molecule has 2 heterocycles. The molecule has 2 aromatic rings. The van der Waals surface area contributed by atoms with Crippen LogP contribution in [-0.4, -0.2) is 23.1 Å². The third-order valence-corrected chi connectivity index (χ3v) is 3.27. The first-order valence-corrected chi connectivity index (χ1v) is 6.57. The number of nitrogens with two attached hydrogens (primary N) is 1. The summed E-state index contributed by atoms with van der Waals surface area (Å²) < 4.78 is 5.66. The van der Waals surface area contributed by atoms with Gasteiger partial charge in [-0.25, -0.2) is 4.98 Å². The molecule has 1 aromatic heterocycles. The molecule has 0 radical (unpaired) electrons. The number of nitrogen functional groups attached to an aromatic ring is 1. The standard InChI is InChI=1S/C14H14N4O3/c15-13-7-6-11(18(19)20)14(16-13)17-8-3-9-21-12-5-2-1-4-10(12)17/h1-2,4-7H,3,8-9H2,(H2,15,16). The highest BCUT2D eigenvalue weighted by Gasteiger charge is 2.26. The van der Waals surface area contributed by atoms with Crippen LogP contribution in [0.2, 0.25) is 0 Å². The maximum absolute atomic E-state index is 11.2. The Labute approximate surface area is 121 Å². The van der Waals surface area contributed by atoms with Crippen molar-refractivity contribution >= 4 is 23.0 Å². The predicted octanol–water partition coefficient (Wildman–Crippen LogP) is 2.49. The molecular weight excluding hydrogens is 272 g/mol. The van der Waals surface area contributed by atoms with Gasteiger partial charge in [-0.15, -0.1) is 0 Å². The molecular formula is C14H14N4O3. The number of para-hydroxylation sites is 2. The van der Waals surface area contributed by atoms with Crippen LogP contribution in [-0.2, 0) is 0 Å². The summed E-state index contributed by atoms with van der Waals surface area (Å²) in [5.74, 6) is 1.18. The molecule has 2 N–H and O–H groups in total. The SMILES string of the molecule is Nc1ccc([N+](=O)[O-])c(N2CCCOc3ccccc32)n1. The van der Waals surface area contributed by atoms with Crippen molar-refractivity contribution in [1.29, 1.82) is 0 Å². The van der Waals surface area contributed by atoms with E-state index in [2.05, 4.69) is 4.98 Å². The Morgan fingerprint density at radius 3 is 2.90 bits per heavy atom. The Balaban J connectivity index is 2.16. The van der Waals surface area contributed by atoms with E-state index in [9.17, 15) is 10.1 Å². The molecule has 21 heavy (non-hydrogen) atoms. The van der Waals surface area contributed by atoms with Crippen LogP contribution in [0.4, 0.5) is 23.0 Å². The second kappa shape index (κ2) is 5.28. The van der Waals surface area contributed by atoms with Crippen molar-refractivity contribution < 1.29 is 9.66 Å². The van der Waals surface area contributed by atoms with Crippen LogP contribution in [0.3, 0.4) is 0 Å². The van der Waals surface area contributed by atoms with E-state index in [-0.39, 0.29) is 17.3 Å². The van der Waals surface area contributed by atoms with Gasteiger partial charge in [0.2, 0.25) is 5.82 Å². The van der Waals surface area contributed by atoms with Gasteiger partial charge in [0.1, 0.15) is 11.6 Å². The normalized spacial score (nSPS) is 14.0. The van der Waals surface area contributed by atoms with E-state index in [0.29, 0.717) is 18.9 Å². The predicted molar refractivity (Wildman–Crippen MR) is 78.9 cm³/mol. The summed E-state index contributed by atoms with van der Waals surface area (Å²) in [7, 11) is 0. The summed E-state index contributed by atoms with van der Waals surface area (Å²) in [6.45, 7) is 1.14. The van der Waals surface area contributed by atoms with Gasteiger partial charge in [-0.2, -0.15) is 0 Å². The first-order chi connectivity index (χ1) is 10.2. The van der Waals surface area contributed by atoms with Gasteiger partial charge in [-0.1, -0.05) is 12.1 Å². The molecule has 0 fully saturated rings. The highest BCUT2D eigenvalue weighted by molar-refractivity contribution is 5.74. The second-order valence-electron chi connectivity index (χ2n) is 4.66. The van der Waals surface area contributed by atoms with Crippen LogP contribution in [0.1, 0.15) is 6.42 Å². The third kappa shape index (κ3) is 2.45. The number of pyridine rings is 1. The number of fused-ring (bicyclic) bond motifs is 1. The van der Waals surface area contributed by atoms with Gasteiger partial charge in [0.05, 0.1) is 17.2 Å². The van der Waals surface area contributed by atoms with E-state index in [1.165, 1.54) is 12.1 Å². The van der Waals surface area contributed by atoms with Gasteiger partial charge in [0.25, 0.3) is 0 Å². The van der Waals surface area contributed by atoms with Crippen LogP contribution in [0.15, 0.2) is 36.4 Å². The van der Waals surface area contributed by atoms with Gasteiger partial charge >= 0.3 is 5.69 Å². The van der Waals surface area contributed by atoms with Crippen LogP contribution in [0.5, 0.6) is 5.75 Å². The first kappa shape index (κ1) is 13.2. The molecule has 7 nitrogen and oxygen atoms in total. The minimum absolute atomic E-state index is 0.0686. The molecule has 0 atom stereocenters. The molecule has 0 amide bonds. The van der Waals surface area contributed by atoms with E-state index in [0.717, 1.165) is 12.1 Å². The maximum Gasteiger partial charge on any atom is 0.312 e. The van der Waals surface area contributed by atoms with E-state index in [1.54, 1.807) is 4.90 Å². The number of rotatable bonds is 2. The zero-order valence-electron chi connectivity index (χ0n) is 11.2. The Kier molecular flexibility index (Phi) is 3.31. The summed E-state index contributed by atoms with van der Waals surface area (Å²) in [6, 6.07) is 10.2. The van der Waals surface area contributed by atoms with E-state index >= 15 is 0 Å². The average molecular weight is 286 g/mol. The molecule has 1 aromatic carbocycles. The fraction of sp³-hybridized carbons (Fsp3) is 0.214. The summed E-state index contributed by atoms with van der Waals surface area (Å²) in [4.78, 5) is 16.7. The number of ether oxygens (including phenoxy) is 1. The van der Waals surface area contributed by atoms with Gasteiger partial charge in [0, 0.05) is 12.6 Å². The fourth-order valence-corrected chi connectivity index (χ4v) is 2.34. The van der Waals surface area contributed by atoms with E-state index < -0.39 is 4.92 Å². The van der Waals surface area contributed by atoms with Crippen molar-refractivity contribution in [3.05, 3.63) is 46.5 Å². The molecule has 1 aliphatic rings. The van der Waals surface area contributed by atoms with E-state index in [4.69, 9.17) is 10.5 Å². The monoisotopic (exact) mass is 286 g/mol. The summed E-state index contributed by atoms with van der Waals surface area (Å²) in [5.41, 5.74) is 6.39. The number of hydrogen-bond acceptors (Lipinski definition) is 6. The summed E-state index contributed by atoms with van der Waals surface area (Å²) >= 11 is 0. The van der Waals surface area contributed by atoms with Crippen molar-refractivity contribution in [3.63, 3.8) is 0 Å². The van der Waals surface area contributed by atoms with E-state index in [1.807, 2.05) is 24.3 Å². The van der Waals surface area contributed by atoms with Gasteiger partial charge in [0.15, 0.2) is 0 Å². The number of nitrogens with zero attached hydrogens (tertiary/aromatic N) is 3. The molecule has 1 aliphatic heterocycles. The number of aromatic nitrogens is 1. The van der Waals surface area contributed by atoms with Crippen LogP contribution < -0.4 is 15.4 Å². The molecule has 108 valence electrons.